The van der Waals surface area contributed by atoms with Crippen LogP contribution >= 0.6 is 0 Å². The van der Waals surface area contributed by atoms with E-state index in [2.05, 4.69) is 10.5 Å². The van der Waals surface area contributed by atoms with Crippen LogP contribution in [0.25, 0.3) is 11.0 Å². The summed E-state index contributed by atoms with van der Waals surface area (Å²) in [6.07, 6.45) is 1.52. The molecule has 0 unspecified atom stereocenters. The number of amides is 1. The highest BCUT2D eigenvalue weighted by Crippen LogP contribution is 2.29. The molecule has 1 heterocycles. The first kappa shape index (κ1) is 18.3. The van der Waals surface area contributed by atoms with Gasteiger partial charge in [0.2, 0.25) is 0 Å². The topological polar surface area (TPSA) is 82.3 Å². The second-order valence-corrected chi connectivity index (χ2v) is 5.53. The Morgan fingerprint density at radius 3 is 2.67 bits per heavy atom. The maximum atomic E-state index is 12.3. The Balaban J connectivity index is 1.73. The SMILES string of the molecule is CCOc1cc(/C=N\NC(=O)c2cc3cccc(OC)c3o2)ccc1OC. The van der Waals surface area contributed by atoms with Crippen molar-refractivity contribution in [3.8, 4) is 17.2 Å². The maximum absolute atomic E-state index is 12.3. The zero-order valence-corrected chi connectivity index (χ0v) is 15.3. The standard InChI is InChI=1S/C20H20N2O5/c1-4-26-17-10-13(8-9-15(17)24-2)12-21-22-20(23)18-11-14-6-5-7-16(25-3)19(14)27-18/h5-12H,4H2,1-3H3,(H,22,23)/b21-12-. The Morgan fingerprint density at radius 2 is 1.93 bits per heavy atom. The molecule has 3 rings (SSSR count). The highest BCUT2D eigenvalue weighted by Gasteiger charge is 2.14. The van der Waals surface area contributed by atoms with Crippen LogP contribution in [0.15, 0.2) is 52.0 Å². The lowest BCUT2D eigenvalue weighted by Gasteiger charge is -2.09. The lowest BCUT2D eigenvalue weighted by Crippen LogP contribution is -2.16. The molecule has 7 nitrogen and oxygen atoms in total. The van der Waals surface area contributed by atoms with Gasteiger partial charge in [-0.25, -0.2) is 5.43 Å². The number of hydrazone groups is 1. The number of benzene rings is 2. The second kappa shape index (κ2) is 8.27. The molecule has 0 atom stereocenters. The van der Waals surface area contributed by atoms with Crippen molar-refractivity contribution in [1.29, 1.82) is 0 Å². The molecule has 2 aromatic carbocycles. The predicted molar refractivity (Wildman–Crippen MR) is 102 cm³/mol. The Labute approximate surface area is 156 Å². The first-order valence-electron chi connectivity index (χ1n) is 8.37. The van der Waals surface area contributed by atoms with Gasteiger partial charge in [0.1, 0.15) is 0 Å². The number of hydrogen-bond donors (Lipinski definition) is 1. The summed E-state index contributed by atoms with van der Waals surface area (Å²) < 4.78 is 21.6. The van der Waals surface area contributed by atoms with Gasteiger partial charge in [-0.2, -0.15) is 5.10 Å². The molecule has 1 amide bonds. The van der Waals surface area contributed by atoms with Crippen molar-refractivity contribution in [3.05, 3.63) is 53.8 Å². The number of ether oxygens (including phenoxy) is 3. The molecular weight excluding hydrogens is 348 g/mol. The van der Waals surface area contributed by atoms with Crippen molar-refractivity contribution in [1.82, 2.24) is 5.43 Å². The molecule has 3 aromatic rings. The zero-order chi connectivity index (χ0) is 19.2. The molecule has 0 bridgehead atoms. The molecule has 0 saturated carbocycles. The highest BCUT2D eigenvalue weighted by molar-refractivity contribution is 5.97. The fraction of sp³-hybridized carbons (Fsp3) is 0.200. The number of rotatable bonds is 7. The molecule has 7 heteroatoms. The van der Waals surface area contributed by atoms with Crippen molar-refractivity contribution < 1.29 is 23.4 Å². The fourth-order valence-corrected chi connectivity index (χ4v) is 2.57. The van der Waals surface area contributed by atoms with Crippen LogP contribution in [0, 0.1) is 0 Å². The van der Waals surface area contributed by atoms with E-state index in [1.807, 2.05) is 25.1 Å². The Hall–Kier alpha value is -3.48. The molecule has 0 aliphatic carbocycles. The fourth-order valence-electron chi connectivity index (χ4n) is 2.57. The normalized spacial score (nSPS) is 10.9. The Kier molecular flexibility index (Phi) is 5.61. The van der Waals surface area contributed by atoms with Gasteiger partial charge in [-0.05, 0) is 42.8 Å². The van der Waals surface area contributed by atoms with Crippen molar-refractivity contribution in [2.24, 2.45) is 5.10 Å². The Morgan fingerprint density at radius 1 is 1.11 bits per heavy atom. The van der Waals surface area contributed by atoms with Crippen LogP contribution in [-0.2, 0) is 0 Å². The molecule has 27 heavy (non-hydrogen) atoms. The molecule has 0 aliphatic rings. The summed E-state index contributed by atoms with van der Waals surface area (Å²) in [5.41, 5.74) is 3.72. The van der Waals surface area contributed by atoms with E-state index in [1.54, 1.807) is 38.5 Å². The molecule has 0 spiro atoms. The van der Waals surface area contributed by atoms with Gasteiger partial charge < -0.3 is 18.6 Å². The maximum Gasteiger partial charge on any atom is 0.307 e. The first-order valence-corrected chi connectivity index (χ1v) is 8.37. The van der Waals surface area contributed by atoms with Gasteiger partial charge in [0.05, 0.1) is 27.0 Å². The van der Waals surface area contributed by atoms with Crippen LogP contribution in [0.3, 0.4) is 0 Å². The lowest BCUT2D eigenvalue weighted by molar-refractivity contribution is 0.0929. The van der Waals surface area contributed by atoms with Crippen LogP contribution < -0.4 is 19.6 Å². The molecule has 0 aliphatic heterocycles. The molecule has 0 fully saturated rings. The van der Waals surface area contributed by atoms with Gasteiger partial charge in [0.25, 0.3) is 0 Å². The minimum atomic E-state index is -0.456. The second-order valence-electron chi connectivity index (χ2n) is 5.53. The van der Waals surface area contributed by atoms with Gasteiger partial charge in [-0.15, -0.1) is 0 Å². The summed E-state index contributed by atoms with van der Waals surface area (Å²) in [5.74, 6) is 1.50. The van der Waals surface area contributed by atoms with E-state index in [9.17, 15) is 4.79 Å². The average Bonchev–Trinajstić information content (AvgIpc) is 3.13. The van der Waals surface area contributed by atoms with Crippen LogP contribution in [0.4, 0.5) is 0 Å². The van der Waals surface area contributed by atoms with E-state index in [-0.39, 0.29) is 5.76 Å². The molecule has 1 aromatic heterocycles. The molecule has 0 saturated heterocycles. The van der Waals surface area contributed by atoms with Crippen molar-refractivity contribution in [2.75, 3.05) is 20.8 Å². The van der Waals surface area contributed by atoms with Crippen LogP contribution in [0.5, 0.6) is 17.2 Å². The van der Waals surface area contributed by atoms with E-state index < -0.39 is 5.91 Å². The van der Waals surface area contributed by atoms with Gasteiger partial charge in [0.15, 0.2) is 28.6 Å². The third-order valence-corrected chi connectivity index (χ3v) is 3.82. The summed E-state index contributed by atoms with van der Waals surface area (Å²) in [6, 6.07) is 12.4. The van der Waals surface area contributed by atoms with E-state index in [4.69, 9.17) is 18.6 Å². The van der Waals surface area contributed by atoms with E-state index in [1.165, 1.54) is 6.21 Å². The van der Waals surface area contributed by atoms with Crippen molar-refractivity contribution in [2.45, 2.75) is 6.92 Å². The van der Waals surface area contributed by atoms with Crippen molar-refractivity contribution in [3.63, 3.8) is 0 Å². The number of nitrogens with one attached hydrogen (secondary N) is 1. The van der Waals surface area contributed by atoms with Crippen LogP contribution in [0.1, 0.15) is 23.0 Å². The summed E-state index contributed by atoms with van der Waals surface area (Å²) >= 11 is 0. The van der Waals surface area contributed by atoms with E-state index in [0.717, 1.165) is 10.9 Å². The molecule has 140 valence electrons. The van der Waals surface area contributed by atoms with Gasteiger partial charge in [0, 0.05) is 5.39 Å². The molecule has 1 N–H and O–H groups in total. The van der Waals surface area contributed by atoms with E-state index in [0.29, 0.717) is 29.4 Å². The quantitative estimate of drug-likeness (QED) is 0.509. The third kappa shape index (κ3) is 4.03. The van der Waals surface area contributed by atoms with Crippen LogP contribution in [-0.4, -0.2) is 32.9 Å². The number of hydrogen-bond acceptors (Lipinski definition) is 6. The van der Waals surface area contributed by atoms with E-state index >= 15 is 0 Å². The monoisotopic (exact) mass is 368 g/mol. The number of methoxy groups -OCH3 is 2. The highest BCUT2D eigenvalue weighted by atomic mass is 16.5. The summed E-state index contributed by atoms with van der Waals surface area (Å²) in [7, 11) is 3.13. The summed E-state index contributed by atoms with van der Waals surface area (Å²) in [6.45, 7) is 2.41. The molecular formula is C20H20N2O5. The number of carbonyl (C=O) groups is 1. The summed E-state index contributed by atoms with van der Waals surface area (Å²) in [4.78, 5) is 12.3. The number of para-hydroxylation sites is 1. The zero-order valence-electron chi connectivity index (χ0n) is 15.3. The number of carbonyl (C=O) groups excluding carboxylic acids is 1. The third-order valence-electron chi connectivity index (χ3n) is 3.82. The Bertz CT molecular complexity index is 978. The predicted octanol–water partition coefficient (Wildman–Crippen LogP) is 3.61. The van der Waals surface area contributed by atoms with Gasteiger partial charge in [-0.1, -0.05) is 12.1 Å². The number of nitrogens with zero attached hydrogens (tertiary/aromatic N) is 1. The van der Waals surface area contributed by atoms with Crippen molar-refractivity contribution >= 4 is 23.1 Å². The average molecular weight is 368 g/mol. The smallest absolute Gasteiger partial charge is 0.307 e. The minimum Gasteiger partial charge on any atom is -0.493 e. The van der Waals surface area contributed by atoms with Gasteiger partial charge in [-0.3, -0.25) is 4.79 Å². The number of fused-ring (bicyclic) bond motifs is 1. The molecule has 0 radical (unpaired) electrons. The number of furan rings is 1. The minimum absolute atomic E-state index is 0.149. The lowest BCUT2D eigenvalue weighted by atomic mass is 10.2. The summed E-state index contributed by atoms with van der Waals surface area (Å²) in [5, 5.41) is 4.75. The first-order chi connectivity index (χ1) is 13.2. The van der Waals surface area contributed by atoms with Crippen LogP contribution in [0.2, 0.25) is 0 Å². The largest absolute Gasteiger partial charge is 0.493 e. The van der Waals surface area contributed by atoms with Gasteiger partial charge >= 0.3 is 5.91 Å².